The van der Waals surface area contributed by atoms with E-state index in [9.17, 15) is 9.18 Å². The molecule has 166 valence electrons. The van der Waals surface area contributed by atoms with Crippen LogP contribution in [0.15, 0.2) is 46.2 Å². The first kappa shape index (κ1) is 20.2. The van der Waals surface area contributed by atoms with Gasteiger partial charge in [0.05, 0.1) is 22.3 Å². The molecule has 32 heavy (non-hydrogen) atoms. The van der Waals surface area contributed by atoms with Gasteiger partial charge in [-0.05, 0) is 55.1 Å². The Labute approximate surface area is 189 Å². The van der Waals surface area contributed by atoms with E-state index in [0.29, 0.717) is 24.0 Å². The van der Waals surface area contributed by atoms with Crippen molar-refractivity contribution in [2.75, 3.05) is 32.1 Å². The Kier molecular flexibility index (Phi) is 5.16. The highest BCUT2D eigenvalue weighted by molar-refractivity contribution is 7.99. The van der Waals surface area contributed by atoms with E-state index >= 15 is 0 Å². The largest absolute Gasteiger partial charge is 0.480 e. The minimum Gasteiger partial charge on any atom is -0.480 e. The van der Waals surface area contributed by atoms with Crippen molar-refractivity contribution in [3.05, 3.63) is 64.0 Å². The summed E-state index contributed by atoms with van der Waals surface area (Å²) in [6.07, 6.45) is 2.94. The number of likely N-dealkylation sites (tertiary alicyclic amines) is 1. The van der Waals surface area contributed by atoms with E-state index in [0.717, 1.165) is 61.5 Å². The molecule has 0 spiro atoms. The number of fused-ring (bicyclic) bond motifs is 1. The molecule has 0 amide bonds. The van der Waals surface area contributed by atoms with E-state index < -0.39 is 0 Å². The van der Waals surface area contributed by atoms with E-state index in [4.69, 9.17) is 4.74 Å². The second-order valence-electron chi connectivity index (χ2n) is 8.95. The minimum atomic E-state index is -0.192. The van der Waals surface area contributed by atoms with Gasteiger partial charge in [-0.2, -0.15) is 0 Å². The normalized spacial score (nSPS) is 21.9. The number of nitrogens with one attached hydrogen (secondary N) is 1. The van der Waals surface area contributed by atoms with Crippen LogP contribution in [0.5, 0.6) is 5.75 Å². The molecule has 2 aromatic heterocycles. The van der Waals surface area contributed by atoms with Crippen molar-refractivity contribution in [3.8, 4) is 5.75 Å². The molecule has 2 atom stereocenters. The molecule has 0 radical (unpaired) electrons. The first-order valence-corrected chi connectivity index (χ1v) is 12.1. The highest BCUT2D eigenvalue weighted by Crippen LogP contribution is 2.36. The van der Waals surface area contributed by atoms with Crippen LogP contribution in [0, 0.1) is 11.7 Å². The zero-order valence-electron chi connectivity index (χ0n) is 17.7. The predicted octanol–water partition coefficient (Wildman–Crippen LogP) is 3.19. The molecule has 6 rings (SSSR count). The van der Waals surface area contributed by atoms with Crippen molar-refractivity contribution in [3.63, 3.8) is 0 Å². The summed E-state index contributed by atoms with van der Waals surface area (Å²) in [6, 6.07) is 8.81. The number of aromatic nitrogens is 2. The first-order chi connectivity index (χ1) is 15.7. The number of pyridine rings is 2. The summed E-state index contributed by atoms with van der Waals surface area (Å²) >= 11 is 1.71. The second-order valence-corrected chi connectivity index (χ2v) is 9.92. The maximum Gasteiger partial charge on any atom is 0.251 e. The molecule has 3 aliphatic rings. The van der Waals surface area contributed by atoms with Gasteiger partial charge in [0.25, 0.3) is 5.56 Å². The van der Waals surface area contributed by atoms with Crippen molar-refractivity contribution in [1.82, 2.24) is 19.8 Å². The molecule has 0 aliphatic carbocycles. The van der Waals surface area contributed by atoms with E-state index in [2.05, 4.69) is 21.3 Å². The summed E-state index contributed by atoms with van der Waals surface area (Å²) < 4.78 is 22.0. The van der Waals surface area contributed by atoms with E-state index in [-0.39, 0.29) is 17.3 Å². The molecular formula is C24H25FN4O2S. The van der Waals surface area contributed by atoms with Crippen LogP contribution in [0.1, 0.15) is 23.6 Å². The lowest BCUT2D eigenvalue weighted by Crippen LogP contribution is -2.30. The highest BCUT2D eigenvalue weighted by atomic mass is 32.2. The lowest BCUT2D eigenvalue weighted by atomic mass is 9.98. The fourth-order valence-electron chi connectivity index (χ4n) is 5.33. The van der Waals surface area contributed by atoms with Crippen LogP contribution < -0.4 is 15.6 Å². The number of benzene rings is 1. The standard InChI is InChI=1S/C24H25FN4O2S/c25-19-3-1-16-2-4-22(30)29-13-17(23(19)24(16)29)12-28-6-5-15(11-28)8-26-9-18-7-21-20(10-27-18)31-14-32-21/h1-4,7,10,15,17,26H,5-6,8-9,11-14H2. The Morgan fingerprint density at radius 3 is 3.09 bits per heavy atom. The monoisotopic (exact) mass is 452 g/mol. The van der Waals surface area contributed by atoms with E-state index in [1.807, 2.05) is 6.20 Å². The lowest BCUT2D eigenvalue weighted by Gasteiger charge is -2.21. The van der Waals surface area contributed by atoms with E-state index in [1.54, 1.807) is 40.6 Å². The van der Waals surface area contributed by atoms with Crippen LogP contribution in [-0.2, 0) is 13.1 Å². The summed E-state index contributed by atoms with van der Waals surface area (Å²) in [6.45, 7) is 5.05. The molecule has 1 N–H and O–H groups in total. The van der Waals surface area contributed by atoms with Gasteiger partial charge in [-0.15, -0.1) is 0 Å². The smallest absolute Gasteiger partial charge is 0.251 e. The number of ether oxygens (including phenoxy) is 1. The van der Waals surface area contributed by atoms with E-state index in [1.165, 1.54) is 4.90 Å². The Morgan fingerprint density at radius 2 is 2.16 bits per heavy atom. The molecular weight excluding hydrogens is 427 g/mol. The van der Waals surface area contributed by atoms with Gasteiger partial charge in [0.1, 0.15) is 11.8 Å². The minimum absolute atomic E-state index is 0.0239. The maximum absolute atomic E-state index is 14.7. The molecule has 2 unspecified atom stereocenters. The molecule has 3 aliphatic heterocycles. The van der Waals surface area contributed by atoms with Crippen LogP contribution in [0.25, 0.3) is 10.9 Å². The quantitative estimate of drug-likeness (QED) is 0.620. The Hall–Kier alpha value is -2.42. The summed E-state index contributed by atoms with van der Waals surface area (Å²) in [4.78, 5) is 20.4. The van der Waals surface area contributed by atoms with Gasteiger partial charge >= 0.3 is 0 Å². The average Bonchev–Trinajstić information content (AvgIpc) is 3.52. The van der Waals surface area contributed by atoms with Gasteiger partial charge in [-0.25, -0.2) is 4.39 Å². The summed E-state index contributed by atoms with van der Waals surface area (Å²) in [5.74, 6) is 1.95. The third-order valence-electron chi connectivity index (χ3n) is 6.85. The topological polar surface area (TPSA) is 59.4 Å². The number of hydrogen-bond acceptors (Lipinski definition) is 6. The number of rotatable bonds is 6. The van der Waals surface area contributed by atoms with Gasteiger partial charge < -0.3 is 19.5 Å². The highest BCUT2D eigenvalue weighted by Gasteiger charge is 2.32. The Bertz CT molecular complexity index is 1250. The maximum atomic E-state index is 14.7. The van der Waals surface area contributed by atoms with Crippen molar-refractivity contribution in [1.29, 1.82) is 0 Å². The molecule has 6 nitrogen and oxygen atoms in total. The van der Waals surface area contributed by atoms with Crippen LogP contribution >= 0.6 is 11.8 Å². The predicted molar refractivity (Wildman–Crippen MR) is 123 cm³/mol. The van der Waals surface area contributed by atoms with Crippen molar-refractivity contribution >= 4 is 22.7 Å². The lowest BCUT2D eigenvalue weighted by molar-refractivity contribution is 0.291. The zero-order chi connectivity index (χ0) is 21.7. The van der Waals surface area contributed by atoms with Crippen LogP contribution in [-0.4, -0.2) is 46.6 Å². The molecule has 3 aromatic rings. The number of thioether (sulfide) groups is 1. The molecule has 1 aromatic carbocycles. The number of nitrogens with zero attached hydrogens (tertiary/aromatic N) is 3. The summed E-state index contributed by atoms with van der Waals surface area (Å²) in [5.41, 5.74) is 2.49. The van der Waals surface area contributed by atoms with Crippen molar-refractivity contribution in [2.24, 2.45) is 5.92 Å². The Morgan fingerprint density at radius 1 is 1.25 bits per heavy atom. The number of halogens is 1. The van der Waals surface area contributed by atoms with Crippen LogP contribution in [0.3, 0.4) is 0 Å². The molecule has 1 fully saturated rings. The summed E-state index contributed by atoms with van der Waals surface area (Å²) in [7, 11) is 0. The SMILES string of the molecule is O=c1ccc2ccc(F)c3c2n1CC3CN1CCC(CNCc2cc3c(cn2)OCS3)C1. The number of hydrogen-bond donors (Lipinski definition) is 1. The van der Waals surface area contributed by atoms with Crippen molar-refractivity contribution < 1.29 is 9.13 Å². The van der Waals surface area contributed by atoms with Gasteiger partial charge in [0.15, 0.2) is 5.75 Å². The first-order valence-electron chi connectivity index (χ1n) is 11.2. The second kappa shape index (κ2) is 8.17. The van der Waals surface area contributed by atoms with Gasteiger partial charge in [0.2, 0.25) is 0 Å². The average molecular weight is 453 g/mol. The fourth-order valence-corrected chi connectivity index (χ4v) is 6.11. The van der Waals surface area contributed by atoms with Gasteiger partial charge in [-0.1, -0.05) is 11.8 Å². The Balaban J connectivity index is 1.06. The fraction of sp³-hybridized carbons (Fsp3) is 0.417. The van der Waals surface area contributed by atoms with Gasteiger partial charge in [0, 0.05) is 43.7 Å². The molecule has 0 bridgehead atoms. The van der Waals surface area contributed by atoms with Crippen LogP contribution in [0.2, 0.25) is 0 Å². The molecule has 1 saturated heterocycles. The third-order valence-corrected chi connectivity index (χ3v) is 7.72. The molecule has 8 heteroatoms. The van der Waals surface area contributed by atoms with Crippen LogP contribution in [0.4, 0.5) is 4.39 Å². The zero-order valence-corrected chi connectivity index (χ0v) is 18.5. The molecule has 0 saturated carbocycles. The molecule has 5 heterocycles. The van der Waals surface area contributed by atoms with Gasteiger partial charge in [-0.3, -0.25) is 9.78 Å². The third kappa shape index (κ3) is 3.60. The van der Waals surface area contributed by atoms with Crippen molar-refractivity contribution in [2.45, 2.75) is 30.3 Å². The summed E-state index contributed by atoms with van der Waals surface area (Å²) in [5, 5.41) is 4.49.